The van der Waals surface area contributed by atoms with Crippen LogP contribution in [-0.2, 0) is 0 Å². The van der Waals surface area contributed by atoms with E-state index in [0.29, 0.717) is 5.82 Å². The number of anilines is 4. The van der Waals surface area contributed by atoms with Crippen molar-refractivity contribution in [3.05, 3.63) is 71.9 Å². The number of benzene rings is 2. The van der Waals surface area contributed by atoms with Gasteiger partial charge >= 0.3 is 0 Å². The summed E-state index contributed by atoms with van der Waals surface area (Å²) in [5, 5.41) is 14.2. The van der Waals surface area contributed by atoms with Gasteiger partial charge in [0.15, 0.2) is 11.5 Å². The van der Waals surface area contributed by atoms with Crippen LogP contribution in [0, 0.1) is 6.92 Å². The monoisotopic (exact) mass is 373 g/mol. The number of hydrogen-bond acceptors (Lipinski definition) is 5. The Kier molecular flexibility index (Phi) is 5.19. The van der Waals surface area contributed by atoms with Crippen molar-refractivity contribution in [3.63, 3.8) is 0 Å². The number of hydrogen-bond donors (Lipinski definition) is 2. The molecule has 0 atom stereocenters. The van der Waals surface area contributed by atoms with Crippen LogP contribution in [0.4, 0.5) is 22.9 Å². The third-order valence-corrected chi connectivity index (χ3v) is 4.82. The van der Waals surface area contributed by atoms with Crippen LogP contribution < -0.4 is 15.5 Å². The molecule has 142 valence electrons. The van der Waals surface area contributed by atoms with E-state index < -0.39 is 0 Å². The largest absolute Gasteiger partial charge is 0.372 e. The van der Waals surface area contributed by atoms with E-state index in [4.69, 9.17) is 0 Å². The van der Waals surface area contributed by atoms with Crippen molar-refractivity contribution in [2.75, 3.05) is 28.6 Å². The second-order valence-corrected chi connectivity index (χ2v) is 6.99. The summed E-state index contributed by atoms with van der Waals surface area (Å²) in [7, 11) is 0. The van der Waals surface area contributed by atoms with Gasteiger partial charge in [-0.3, -0.25) is 4.79 Å². The second kappa shape index (κ2) is 8.08. The number of carbonyl (C=O) groups excluding carboxylic acids is 1. The molecular formula is C22H23N5O. The SMILES string of the molecule is Cc1ccc(NC(=O)c2ccc(Nc3ccc(N4CCCC4)cc3)nn2)cc1. The Bertz CT molecular complexity index is 930. The molecule has 4 rings (SSSR count). The fourth-order valence-electron chi connectivity index (χ4n) is 3.23. The zero-order valence-electron chi connectivity index (χ0n) is 15.9. The highest BCUT2D eigenvalue weighted by Gasteiger charge is 2.12. The number of aryl methyl sites for hydroxylation is 1. The highest BCUT2D eigenvalue weighted by Crippen LogP contribution is 2.23. The minimum Gasteiger partial charge on any atom is -0.372 e. The Morgan fingerprint density at radius 1 is 0.857 bits per heavy atom. The molecular weight excluding hydrogens is 350 g/mol. The van der Waals surface area contributed by atoms with Gasteiger partial charge in [-0.25, -0.2) is 0 Å². The van der Waals surface area contributed by atoms with Crippen molar-refractivity contribution in [2.24, 2.45) is 0 Å². The third kappa shape index (κ3) is 4.28. The van der Waals surface area contributed by atoms with Crippen molar-refractivity contribution < 1.29 is 4.79 Å². The van der Waals surface area contributed by atoms with Gasteiger partial charge in [-0.05, 0) is 68.3 Å². The molecule has 3 aromatic rings. The van der Waals surface area contributed by atoms with Crippen molar-refractivity contribution in [2.45, 2.75) is 19.8 Å². The molecule has 0 saturated carbocycles. The highest BCUT2D eigenvalue weighted by atomic mass is 16.1. The lowest BCUT2D eigenvalue weighted by molar-refractivity contribution is 0.102. The van der Waals surface area contributed by atoms with Gasteiger partial charge < -0.3 is 15.5 Å². The van der Waals surface area contributed by atoms with E-state index in [1.807, 2.05) is 43.3 Å². The maximum Gasteiger partial charge on any atom is 0.276 e. The smallest absolute Gasteiger partial charge is 0.276 e. The molecule has 6 nitrogen and oxygen atoms in total. The van der Waals surface area contributed by atoms with E-state index in [1.54, 1.807) is 12.1 Å². The molecule has 1 aromatic heterocycles. The molecule has 1 amide bonds. The van der Waals surface area contributed by atoms with Crippen LogP contribution in [-0.4, -0.2) is 29.2 Å². The summed E-state index contributed by atoms with van der Waals surface area (Å²) < 4.78 is 0. The van der Waals surface area contributed by atoms with Gasteiger partial charge in [0.25, 0.3) is 5.91 Å². The van der Waals surface area contributed by atoms with Crippen LogP contribution in [0.1, 0.15) is 28.9 Å². The summed E-state index contributed by atoms with van der Waals surface area (Å²) in [6.45, 7) is 4.26. The summed E-state index contributed by atoms with van der Waals surface area (Å²) in [6.07, 6.45) is 2.53. The van der Waals surface area contributed by atoms with E-state index >= 15 is 0 Å². The quantitative estimate of drug-likeness (QED) is 0.694. The van der Waals surface area contributed by atoms with Crippen molar-refractivity contribution in [3.8, 4) is 0 Å². The lowest BCUT2D eigenvalue weighted by Gasteiger charge is -2.17. The second-order valence-electron chi connectivity index (χ2n) is 6.99. The predicted molar refractivity (Wildman–Crippen MR) is 112 cm³/mol. The maximum absolute atomic E-state index is 12.3. The summed E-state index contributed by atoms with van der Waals surface area (Å²) >= 11 is 0. The maximum atomic E-state index is 12.3. The Balaban J connectivity index is 1.37. The number of aromatic nitrogens is 2. The zero-order chi connectivity index (χ0) is 19.3. The van der Waals surface area contributed by atoms with Crippen molar-refractivity contribution >= 4 is 28.8 Å². The molecule has 6 heteroatoms. The third-order valence-electron chi connectivity index (χ3n) is 4.82. The molecule has 0 radical (unpaired) electrons. The highest BCUT2D eigenvalue weighted by molar-refractivity contribution is 6.02. The molecule has 1 aliphatic heterocycles. The van der Waals surface area contributed by atoms with E-state index in [-0.39, 0.29) is 11.6 Å². The van der Waals surface area contributed by atoms with Crippen LogP contribution in [0.5, 0.6) is 0 Å². The standard InChI is InChI=1S/C22H23N5O/c1-16-4-6-18(7-5-16)24-22(28)20-12-13-21(26-25-20)23-17-8-10-19(11-9-17)27-14-2-3-15-27/h4-13H,2-3,14-15H2,1H3,(H,23,26)(H,24,28). The summed E-state index contributed by atoms with van der Waals surface area (Å²) in [6, 6.07) is 19.3. The van der Waals surface area contributed by atoms with Crippen LogP contribution in [0.2, 0.25) is 0 Å². The number of rotatable bonds is 5. The molecule has 0 aliphatic carbocycles. The molecule has 2 aromatic carbocycles. The number of nitrogens with zero attached hydrogens (tertiary/aromatic N) is 3. The van der Waals surface area contributed by atoms with Gasteiger partial charge in [0.05, 0.1) is 0 Å². The fraction of sp³-hybridized carbons (Fsp3) is 0.227. The molecule has 0 spiro atoms. The lowest BCUT2D eigenvalue weighted by atomic mass is 10.2. The van der Waals surface area contributed by atoms with Gasteiger partial charge in [0.1, 0.15) is 0 Å². The molecule has 2 N–H and O–H groups in total. The molecule has 2 heterocycles. The van der Waals surface area contributed by atoms with Crippen LogP contribution in [0.25, 0.3) is 0 Å². The average Bonchev–Trinajstić information content (AvgIpc) is 3.26. The van der Waals surface area contributed by atoms with Crippen molar-refractivity contribution in [1.82, 2.24) is 10.2 Å². The van der Waals surface area contributed by atoms with Gasteiger partial charge in [-0.15, -0.1) is 10.2 Å². The minimum absolute atomic E-state index is 0.274. The minimum atomic E-state index is -0.280. The first-order valence-electron chi connectivity index (χ1n) is 9.51. The first kappa shape index (κ1) is 18.0. The van der Waals surface area contributed by atoms with E-state index in [1.165, 1.54) is 18.5 Å². The molecule has 1 aliphatic rings. The Morgan fingerprint density at radius 2 is 1.54 bits per heavy atom. The van der Waals surface area contributed by atoms with Gasteiger partial charge in [0, 0.05) is 30.2 Å². The van der Waals surface area contributed by atoms with Gasteiger partial charge in [-0.1, -0.05) is 17.7 Å². The Morgan fingerprint density at radius 3 is 2.18 bits per heavy atom. The van der Waals surface area contributed by atoms with Crippen LogP contribution in [0.15, 0.2) is 60.7 Å². The number of carbonyl (C=O) groups is 1. The van der Waals surface area contributed by atoms with E-state index in [0.717, 1.165) is 30.0 Å². The molecule has 28 heavy (non-hydrogen) atoms. The summed E-state index contributed by atoms with van der Waals surface area (Å²) in [5.41, 5.74) is 4.33. The summed E-state index contributed by atoms with van der Waals surface area (Å²) in [4.78, 5) is 14.7. The molecule has 1 saturated heterocycles. The Labute approximate surface area is 164 Å². The number of amides is 1. The first-order chi connectivity index (χ1) is 13.7. The van der Waals surface area contributed by atoms with E-state index in [2.05, 4.69) is 37.9 Å². The zero-order valence-corrected chi connectivity index (χ0v) is 15.9. The molecule has 1 fully saturated rings. The average molecular weight is 373 g/mol. The van der Waals surface area contributed by atoms with E-state index in [9.17, 15) is 4.79 Å². The van der Waals surface area contributed by atoms with Crippen molar-refractivity contribution in [1.29, 1.82) is 0 Å². The number of nitrogens with one attached hydrogen (secondary N) is 2. The fourth-order valence-corrected chi connectivity index (χ4v) is 3.23. The van der Waals surface area contributed by atoms with Crippen LogP contribution >= 0.6 is 0 Å². The lowest BCUT2D eigenvalue weighted by Crippen LogP contribution is -2.17. The van der Waals surface area contributed by atoms with Gasteiger partial charge in [-0.2, -0.15) is 0 Å². The molecule has 0 unspecified atom stereocenters. The normalized spacial score (nSPS) is 13.4. The predicted octanol–water partition coefficient (Wildman–Crippen LogP) is 4.38. The van der Waals surface area contributed by atoms with Gasteiger partial charge in [0.2, 0.25) is 0 Å². The summed E-state index contributed by atoms with van der Waals surface area (Å²) in [5.74, 6) is 0.318. The van der Waals surface area contributed by atoms with Crippen LogP contribution in [0.3, 0.4) is 0 Å². The first-order valence-corrected chi connectivity index (χ1v) is 9.51. The topological polar surface area (TPSA) is 70.2 Å². The molecule has 0 bridgehead atoms. The Hall–Kier alpha value is -3.41.